The van der Waals surface area contributed by atoms with Gasteiger partial charge in [0.2, 0.25) is 0 Å². The number of benzene rings is 1. The molecule has 0 unspecified atom stereocenters. The molecule has 1 aromatic rings. The molecule has 2 N–H and O–H groups in total. The molecule has 0 aliphatic carbocycles. The number of nitrogens with two attached hydrogens (primary N) is 1. The van der Waals surface area contributed by atoms with Gasteiger partial charge in [0.15, 0.2) is 0 Å². The topological polar surface area (TPSA) is 35.2 Å². The van der Waals surface area contributed by atoms with Crippen molar-refractivity contribution in [2.75, 3.05) is 0 Å². The number of ether oxygens (including phenoxy) is 1. The molecule has 0 spiro atoms. The van der Waals surface area contributed by atoms with E-state index >= 15 is 0 Å². The summed E-state index contributed by atoms with van der Waals surface area (Å²) >= 11 is 0. The summed E-state index contributed by atoms with van der Waals surface area (Å²) in [5, 5.41) is 0. The first-order valence-corrected chi connectivity index (χ1v) is 3.90. The number of hydrogen-bond donors (Lipinski definition) is 1. The Morgan fingerprint density at radius 3 is 3.00 bits per heavy atom. The number of fused-ring (bicyclic) bond motifs is 1. The third-order valence-corrected chi connectivity index (χ3v) is 2.15. The molecule has 64 valence electrons. The highest BCUT2D eigenvalue weighted by Crippen LogP contribution is 2.34. The molecule has 2 nitrogen and oxygen atoms in total. The Bertz CT molecular complexity index is 313. The summed E-state index contributed by atoms with van der Waals surface area (Å²) in [6, 6.07) is 4.23. The highest BCUT2D eigenvalue weighted by molar-refractivity contribution is 5.40. The van der Waals surface area contributed by atoms with E-state index in [0.29, 0.717) is 5.75 Å². The van der Waals surface area contributed by atoms with Crippen LogP contribution in [0.15, 0.2) is 18.2 Å². The molecule has 2 atom stereocenters. The van der Waals surface area contributed by atoms with E-state index < -0.39 is 0 Å². The van der Waals surface area contributed by atoms with Gasteiger partial charge in [0.25, 0.3) is 0 Å². The van der Waals surface area contributed by atoms with Crippen molar-refractivity contribution >= 4 is 0 Å². The summed E-state index contributed by atoms with van der Waals surface area (Å²) in [4.78, 5) is 0. The van der Waals surface area contributed by atoms with Crippen molar-refractivity contribution in [3.8, 4) is 5.75 Å². The average Bonchev–Trinajstić information content (AvgIpc) is 2.31. The van der Waals surface area contributed by atoms with Gasteiger partial charge < -0.3 is 10.5 Å². The Kier molecular flexibility index (Phi) is 1.54. The number of halogens is 1. The lowest BCUT2D eigenvalue weighted by Crippen LogP contribution is -2.21. The standard InChI is InChI=1S/C9H10FNO/c1-5-9(11)7-4-6(10)2-3-8(7)12-5/h2-5,9H,11H2,1H3/t5-,9-/m0/s1. The van der Waals surface area contributed by atoms with Gasteiger partial charge in [-0.1, -0.05) is 0 Å². The fourth-order valence-electron chi connectivity index (χ4n) is 1.41. The molecular formula is C9H10FNO. The molecule has 0 amide bonds. The SMILES string of the molecule is C[C@@H]1Oc2ccc(F)cc2[C@H]1N. The summed E-state index contributed by atoms with van der Waals surface area (Å²) < 4.78 is 18.1. The Hall–Kier alpha value is -1.09. The predicted molar refractivity (Wildman–Crippen MR) is 43.4 cm³/mol. The fraction of sp³-hybridized carbons (Fsp3) is 0.333. The lowest BCUT2D eigenvalue weighted by atomic mass is 10.1. The van der Waals surface area contributed by atoms with Gasteiger partial charge >= 0.3 is 0 Å². The monoisotopic (exact) mass is 167 g/mol. The van der Waals surface area contributed by atoms with E-state index in [1.54, 1.807) is 6.07 Å². The van der Waals surface area contributed by atoms with Gasteiger partial charge in [0, 0.05) is 5.56 Å². The van der Waals surface area contributed by atoms with Crippen molar-refractivity contribution in [2.24, 2.45) is 5.73 Å². The van der Waals surface area contributed by atoms with Gasteiger partial charge in [-0.15, -0.1) is 0 Å². The van der Waals surface area contributed by atoms with E-state index in [4.69, 9.17) is 10.5 Å². The number of rotatable bonds is 0. The van der Waals surface area contributed by atoms with Crippen molar-refractivity contribution < 1.29 is 9.13 Å². The van der Waals surface area contributed by atoms with Crippen LogP contribution in [0, 0.1) is 5.82 Å². The molecule has 3 heteroatoms. The first-order valence-electron chi connectivity index (χ1n) is 3.90. The molecular weight excluding hydrogens is 157 g/mol. The highest BCUT2D eigenvalue weighted by Gasteiger charge is 2.27. The van der Waals surface area contributed by atoms with Gasteiger partial charge in [-0.2, -0.15) is 0 Å². The zero-order chi connectivity index (χ0) is 8.72. The summed E-state index contributed by atoms with van der Waals surface area (Å²) in [6.07, 6.45) is -0.0539. The van der Waals surface area contributed by atoms with Gasteiger partial charge in [0.05, 0.1) is 6.04 Å². The Labute approximate surface area is 70.1 Å². The molecule has 2 rings (SSSR count). The minimum atomic E-state index is -0.262. The number of hydrogen-bond acceptors (Lipinski definition) is 2. The Morgan fingerprint density at radius 1 is 1.50 bits per heavy atom. The zero-order valence-electron chi connectivity index (χ0n) is 6.75. The van der Waals surface area contributed by atoms with Crippen LogP contribution < -0.4 is 10.5 Å². The van der Waals surface area contributed by atoms with Crippen LogP contribution in [0.25, 0.3) is 0 Å². The van der Waals surface area contributed by atoms with E-state index in [-0.39, 0.29) is 18.0 Å². The van der Waals surface area contributed by atoms with Crippen molar-refractivity contribution in [1.29, 1.82) is 0 Å². The molecule has 0 saturated heterocycles. The summed E-state index contributed by atoms with van der Waals surface area (Å²) in [5.74, 6) is 0.443. The summed E-state index contributed by atoms with van der Waals surface area (Å²) in [7, 11) is 0. The smallest absolute Gasteiger partial charge is 0.124 e. The van der Waals surface area contributed by atoms with Crippen LogP contribution in [-0.2, 0) is 0 Å². The maximum absolute atomic E-state index is 12.8. The first-order chi connectivity index (χ1) is 5.68. The van der Waals surface area contributed by atoms with Gasteiger partial charge in [-0.05, 0) is 25.1 Å². The van der Waals surface area contributed by atoms with Crippen LogP contribution in [0.3, 0.4) is 0 Å². The second-order valence-electron chi connectivity index (χ2n) is 3.03. The van der Waals surface area contributed by atoms with Crippen molar-refractivity contribution in [2.45, 2.75) is 19.1 Å². The lowest BCUT2D eigenvalue weighted by Gasteiger charge is -2.07. The third kappa shape index (κ3) is 0.975. The van der Waals surface area contributed by atoms with E-state index in [0.717, 1.165) is 5.56 Å². The normalized spacial score (nSPS) is 26.6. The van der Waals surface area contributed by atoms with Crippen LogP contribution in [-0.4, -0.2) is 6.10 Å². The average molecular weight is 167 g/mol. The molecule has 0 radical (unpaired) electrons. The first kappa shape index (κ1) is 7.55. The summed E-state index contributed by atoms with van der Waals surface area (Å²) in [5.41, 5.74) is 6.53. The minimum absolute atomic E-state index is 0.0539. The van der Waals surface area contributed by atoms with Crippen molar-refractivity contribution in [3.63, 3.8) is 0 Å². The quantitative estimate of drug-likeness (QED) is 0.637. The highest BCUT2D eigenvalue weighted by atomic mass is 19.1. The molecule has 0 bridgehead atoms. The maximum atomic E-state index is 12.8. The van der Waals surface area contributed by atoms with Crippen LogP contribution in [0.1, 0.15) is 18.5 Å². The fourth-order valence-corrected chi connectivity index (χ4v) is 1.41. The Morgan fingerprint density at radius 2 is 2.25 bits per heavy atom. The van der Waals surface area contributed by atoms with Crippen LogP contribution in [0.4, 0.5) is 4.39 Å². The van der Waals surface area contributed by atoms with E-state index in [9.17, 15) is 4.39 Å². The van der Waals surface area contributed by atoms with E-state index in [1.165, 1.54) is 12.1 Å². The van der Waals surface area contributed by atoms with Crippen LogP contribution in [0.2, 0.25) is 0 Å². The second-order valence-corrected chi connectivity index (χ2v) is 3.03. The molecule has 1 aliphatic rings. The molecule has 1 aliphatic heterocycles. The molecule has 0 fully saturated rings. The molecule has 0 aromatic heterocycles. The van der Waals surface area contributed by atoms with Crippen molar-refractivity contribution in [3.05, 3.63) is 29.6 Å². The second kappa shape index (κ2) is 2.45. The van der Waals surface area contributed by atoms with Crippen LogP contribution in [0.5, 0.6) is 5.75 Å². The minimum Gasteiger partial charge on any atom is -0.488 e. The van der Waals surface area contributed by atoms with E-state index in [1.807, 2.05) is 6.92 Å². The van der Waals surface area contributed by atoms with Gasteiger partial charge in [-0.3, -0.25) is 0 Å². The van der Waals surface area contributed by atoms with Gasteiger partial charge in [0.1, 0.15) is 17.7 Å². The van der Waals surface area contributed by atoms with Crippen molar-refractivity contribution in [1.82, 2.24) is 0 Å². The third-order valence-electron chi connectivity index (χ3n) is 2.15. The predicted octanol–water partition coefficient (Wildman–Crippen LogP) is 1.61. The maximum Gasteiger partial charge on any atom is 0.124 e. The van der Waals surface area contributed by atoms with Gasteiger partial charge in [-0.25, -0.2) is 4.39 Å². The lowest BCUT2D eigenvalue weighted by molar-refractivity contribution is 0.228. The zero-order valence-corrected chi connectivity index (χ0v) is 6.75. The van der Waals surface area contributed by atoms with Crippen LogP contribution >= 0.6 is 0 Å². The molecule has 12 heavy (non-hydrogen) atoms. The molecule has 1 heterocycles. The van der Waals surface area contributed by atoms with E-state index in [2.05, 4.69) is 0 Å². The Balaban J connectivity index is 2.48. The largest absolute Gasteiger partial charge is 0.488 e. The molecule has 1 aromatic carbocycles. The molecule has 0 saturated carbocycles. The summed E-state index contributed by atoms with van der Waals surface area (Å²) in [6.45, 7) is 1.88.